The van der Waals surface area contributed by atoms with Crippen LogP contribution >= 0.6 is 0 Å². The normalized spacial score (nSPS) is 23.2. The molecule has 1 aliphatic rings. The molecule has 4 nitrogen and oxygen atoms in total. The Morgan fingerprint density at radius 1 is 1.59 bits per heavy atom. The Morgan fingerprint density at radius 2 is 2.29 bits per heavy atom. The van der Waals surface area contributed by atoms with E-state index in [0.717, 1.165) is 32.4 Å². The van der Waals surface area contributed by atoms with E-state index in [9.17, 15) is 4.79 Å². The lowest BCUT2D eigenvalue weighted by Crippen LogP contribution is -2.50. The minimum Gasteiger partial charge on any atom is -0.394 e. The van der Waals surface area contributed by atoms with Crippen molar-refractivity contribution in [2.75, 3.05) is 19.7 Å². The first kappa shape index (κ1) is 14.5. The molecule has 0 aromatic rings. The molecule has 4 heteroatoms. The Kier molecular flexibility index (Phi) is 5.40. The van der Waals surface area contributed by atoms with Crippen LogP contribution in [0, 0.1) is 11.3 Å². The molecular weight excluding hydrogens is 216 g/mol. The lowest BCUT2D eigenvalue weighted by Gasteiger charge is -2.36. The summed E-state index contributed by atoms with van der Waals surface area (Å²) in [6.07, 6.45) is 3.00. The predicted octanol–water partition coefficient (Wildman–Crippen LogP) is 0.899. The van der Waals surface area contributed by atoms with Crippen molar-refractivity contribution >= 4 is 5.91 Å². The summed E-state index contributed by atoms with van der Waals surface area (Å²) < 4.78 is 0. The fraction of sp³-hybridized carbons (Fsp3) is 0.923. The average molecular weight is 242 g/mol. The molecule has 100 valence electrons. The van der Waals surface area contributed by atoms with Crippen molar-refractivity contribution in [2.45, 2.75) is 46.1 Å². The van der Waals surface area contributed by atoms with Gasteiger partial charge in [0.1, 0.15) is 0 Å². The van der Waals surface area contributed by atoms with Crippen LogP contribution in [0.4, 0.5) is 0 Å². The molecule has 0 spiro atoms. The van der Waals surface area contributed by atoms with Gasteiger partial charge in [0, 0.05) is 5.41 Å². The highest BCUT2D eigenvalue weighted by molar-refractivity contribution is 5.82. The molecule has 1 amide bonds. The molecule has 1 heterocycles. The van der Waals surface area contributed by atoms with E-state index in [1.807, 2.05) is 20.8 Å². The molecule has 1 aliphatic heterocycles. The van der Waals surface area contributed by atoms with Crippen LogP contribution in [-0.4, -0.2) is 36.8 Å². The first-order valence-corrected chi connectivity index (χ1v) is 6.64. The molecule has 0 aromatic carbocycles. The van der Waals surface area contributed by atoms with Crippen LogP contribution in [0.2, 0.25) is 0 Å². The molecule has 2 atom stereocenters. The van der Waals surface area contributed by atoms with Crippen molar-refractivity contribution in [1.29, 1.82) is 0 Å². The summed E-state index contributed by atoms with van der Waals surface area (Å²) in [6.45, 7) is 7.96. The Hall–Kier alpha value is -0.610. The van der Waals surface area contributed by atoms with Crippen LogP contribution in [0.3, 0.4) is 0 Å². The van der Waals surface area contributed by atoms with Crippen molar-refractivity contribution in [3.05, 3.63) is 0 Å². The van der Waals surface area contributed by atoms with E-state index >= 15 is 0 Å². The Labute approximate surface area is 104 Å². The summed E-state index contributed by atoms with van der Waals surface area (Å²) in [5.74, 6) is 0.444. The fourth-order valence-electron chi connectivity index (χ4n) is 2.30. The maximum Gasteiger partial charge on any atom is 0.226 e. The van der Waals surface area contributed by atoms with Crippen molar-refractivity contribution in [2.24, 2.45) is 11.3 Å². The molecular formula is C13H26N2O2. The zero-order valence-electron chi connectivity index (χ0n) is 11.3. The zero-order valence-corrected chi connectivity index (χ0v) is 11.3. The lowest BCUT2D eigenvalue weighted by atomic mass is 9.74. The monoisotopic (exact) mass is 242 g/mol. The van der Waals surface area contributed by atoms with Crippen LogP contribution in [0.5, 0.6) is 0 Å². The van der Waals surface area contributed by atoms with Crippen LogP contribution in [0.1, 0.15) is 40.0 Å². The molecule has 1 fully saturated rings. The Bertz CT molecular complexity index is 244. The molecule has 0 bridgehead atoms. The summed E-state index contributed by atoms with van der Waals surface area (Å²) in [5, 5.41) is 15.4. The van der Waals surface area contributed by atoms with E-state index in [1.165, 1.54) is 0 Å². The molecule has 0 saturated carbocycles. The topological polar surface area (TPSA) is 61.4 Å². The van der Waals surface area contributed by atoms with Gasteiger partial charge in [0.25, 0.3) is 0 Å². The molecule has 0 radical (unpaired) electrons. The number of nitrogens with one attached hydrogen (secondary N) is 2. The zero-order chi connectivity index (χ0) is 12.9. The van der Waals surface area contributed by atoms with Crippen molar-refractivity contribution in [1.82, 2.24) is 10.6 Å². The summed E-state index contributed by atoms with van der Waals surface area (Å²) >= 11 is 0. The molecule has 1 unspecified atom stereocenters. The van der Waals surface area contributed by atoms with Crippen molar-refractivity contribution in [3.8, 4) is 0 Å². The quantitative estimate of drug-likeness (QED) is 0.671. The van der Waals surface area contributed by atoms with Crippen LogP contribution < -0.4 is 10.6 Å². The third kappa shape index (κ3) is 3.68. The van der Waals surface area contributed by atoms with Gasteiger partial charge in [-0.15, -0.1) is 0 Å². The van der Waals surface area contributed by atoms with E-state index < -0.39 is 0 Å². The highest BCUT2D eigenvalue weighted by atomic mass is 16.3. The second-order valence-electron chi connectivity index (χ2n) is 5.53. The van der Waals surface area contributed by atoms with E-state index in [-0.39, 0.29) is 24.0 Å². The molecule has 0 aliphatic carbocycles. The smallest absolute Gasteiger partial charge is 0.226 e. The second kappa shape index (κ2) is 6.36. The maximum absolute atomic E-state index is 12.2. The number of hydrogen-bond acceptors (Lipinski definition) is 3. The highest BCUT2D eigenvalue weighted by Gasteiger charge is 2.37. The van der Waals surface area contributed by atoms with Crippen molar-refractivity contribution in [3.63, 3.8) is 0 Å². The number of carbonyl (C=O) groups excluding carboxylic acids is 1. The summed E-state index contributed by atoms with van der Waals surface area (Å²) in [4.78, 5) is 12.2. The predicted molar refractivity (Wildman–Crippen MR) is 68.7 cm³/mol. The number of carbonyl (C=O) groups is 1. The number of hydrogen-bond donors (Lipinski definition) is 3. The lowest BCUT2D eigenvalue weighted by molar-refractivity contribution is -0.133. The van der Waals surface area contributed by atoms with Gasteiger partial charge in [-0.05, 0) is 38.3 Å². The number of aliphatic hydroxyl groups is 1. The van der Waals surface area contributed by atoms with Gasteiger partial charge in [0.05, 0.1) is 12.6 Å². The molecule has 1 saturated heterocycles. The van der Waals surface area contributed by atoms with Gasteiger partial charge < -0.3 is 15.7 Å². The minimum atomic E-state index is -0.365. The number of rotatable bonds is 5. The highest BCUT2D eigenvalue weighted by Crippen LogP contribution is 2.32. The van der Waals surface area contributed by atoms with Crippen molar-refractivity contribution < 1.29 is 9.90 Å². The first-order valence-electron chi connectivity index (χ1n) is 6.64. The summed E-state index contributed by atoms with van der Waals surface area (Å²) in [5.41, 5.74) is -0.365. The molecule has 17 heavy (non-hydrogen) atoms. The Morgan fingerprint density at radius 3 is 2.76 bits per heavy atom. The van der Waals surface area contributed by atoms with Gasteiger partial charge >= 0.3 is 0 Å². The molecule has 1 rings (SSSR count). The van der Waals surface area contributed by atoms with Crippen LogP contribution in [0.25, 0.3) is 0 Å². The average Bonchev–Trinajstić information content (AvgIpc) is 2.36. The van der Waals surface area contributed by atoms with Gasteiger partial charge in [0.2, 0.25) is 5.91 Å². The third-order valence-electron chi connectivity index (χ3n) is 3.95. The second-order valence-corrected chi connectivity index (χ2v) is 5.53. The number of aliphatic hydroxyl groups excluding tert-OH is 1. The standard InChI is InChI=1S/C13H26N2O2/c1-4-11(9-16)15-12(17)13(2,3)10-6-5-7-14-8-10/h10-11,14,16H,4-9H2,1-3H3,(H,15,17)/t10?,11-/m0/s1. The minimum absolute atomic E-state index is 0.0151. The van der Waals surface area contributed by atoms with E-state index in [0.29, 0.717) is 5.92 Å². The number of piperidine rings is 1. The maximum atomic E-state index is 12.2. The third-order valence-corrected chi connectivity index (χ3v) is 3.95. The van der Waals surface area contributed by atoms with E-state index in [1.54, 1.807) is 0 Å². The van der Waals surface area contributed by atoms with Crippen LogP contribution in [-0.2, 0) is 4.79 Å². The first-order chi connectivity index (χ1) is 8.02. The van der Waals surface area contributed by atoms with Gasteiger partial charge in [-0.2, -0.15) is 0 Å². The van der Waals surface area contributed by atoms with E-state index in [4.69, 9.17) is 5.11 Å². The summed E-state index contributed by atoms with van der Waals surface area (Å²) in [7, 11) is 0. The molecule has 3 N–H and O–H groups in total. The van der Waals surface area contributed by atoms with E-state index in [2.05, 4.69) is 10.6 Å². The van der Waals surface area contributed by atoms with Gasteiger partial charge in [-0.1, -0.05) is 20.8 Å². The fourth-order valence-corrected chi connectivity index (χ4v) is 2.30. The van der Waals surface area contributed by atoms with Gasteiger partial charge in [-0.25, -0.2) is 0 Å². The van der Waals surface area contributed by atoms with Crippen LogP contribution in [0.15, 0.2) is 0 Å². The van der Waals surface area contributed by atoms with Gasteiger partial charge in [0.15, 0.2) is 0 Å². The number of amides is 1. The Balaban J connectivity index is 2.58. The molecule has 0 aromatic heterocycles. The SMILES string of the molecule is CC[C@@H](CO)NC(=O)C(C)(C)C1CCCNC1. The largest absolute Gasteiger partial charge is 0.394 e. The van der Waals surface area contributed by atoms with Gasteiger partial charge in [-0.3, -0.25) is 4.79 Å². The summed E-state index contributed by atoms with van der Waals surface area (Å²) in [6, 6.07) is -0.113.